The van der Waals surface area contributed by atoms with Gasteiger partial charge in [0.25, 0.3) is 5.91 Å². The summed E-state index contributed by atoms with van der Waals surface area (Å²) in [6, 6.07) is 0. The van der Waals surface area contributed by atoms with Gasteiger partial charge in [-0.05, 0) is 20.3 Å². The molecule has 0 aliphatic rings. The van der Waals surface area contributed by atoms with E-state index in [-0.39, 0.29) is 0 Å². The predicted octanol–water partition coefficient (Wildman–Crippen LogP) is 0.810. The van der Waals surface area contributed by atoms with Crippen LogP contribution in [0, 0.1) is 0 Å². The number of hydrogen-bond donors (Lipinski definition) is 2. The molecule has 1 heterocycles. The Bertz CT molecular complexity index is 330. The molecule has 0 radical (unpaired) electrons. The zero-order chi connectivity index (χ0) is 10.8. The summed E-state index contributed by atoms with van der Waals surface area (Å²) in [5, 5.41) is 20.7. The highest BCUT2D eigenvalue weighted by Crippen LogP contribution is 2.16. The van der Waals surface area contributed by atoms with E-state index < -0.39 is 11.5 Å². The molecule has 1 amide bonds. The molecule has 1 rings (SSSR count). The van der Waals surface area contributed by atoms with Crippen molar-refractivity contribution in [2.45, 2.75) is 32.8 Å². The Hall–Kier alpha value is -1.01. The lowest BCUT2D eigenvalue weighted by atomic mass is 10.1. The first kappa shape index (κ1) is 11.1. The fraction of sp³-hybridized carbons (Fsp3) is 0.625. The van der Waals surface area contributed by atoms with Crippen LogP contribution in [0.1, 0.15) is 25.8 Å². The van der Waals surface area contributed by atoms with Crippen molar-refractivity contribution in [2.24, 2.45) is 0 Å². The van der Waals surface area contributed by atoms with Gasteiger partial charge < -0.3 is 5.11 Å². The second kappa shape index (κ2) is 4.02. The van der Waals surface area contributed by atoms with Gasteiger partial charge >= 0.3 is 0 Å². The van der Waals surface area contributed by atoms with Crippen LogP contribution in [0.5, 0.6) is 0 Å². The van der Waals surface area contributed by atoms with Gasteiger partial charge in [0.15, 0.2) is 0 Å². The number of aryl methyl sites for hydroxylation is 1. The third-order valence-electron chi connectivity index (χ3n) is 1.55. The van der Waals surface area contributed by atoms with Gasteiger partial charge in [0.2, 0.25) is 5.13 Å². The predicted molar refractivity (Wildman–Crippen MR) is 54.2 cm³/mol. The summed E-state index contributed by atoms with van der Waals surface area (Å²) in [7, 11) is 0. The van der Waals surface area contributed by atoms with Gasteiger partial charge in [0, 0.05) is 0 Å². The van der Waals surface area contributed by atoms with Crippen molar-refractivity contribution in [1.29, 1.82) is 0 Å². The first-order valence-electron chi connectivity index (χ1n) is 4.29. The molecule has 14 heavy (non-hydrogen) atoms. The van der Waals surface area contributed by atoms with Crippen molar-refractivity contribution in [2.75, 3.05) is 5.32 Å². The lowest BCUT2D eigenvalue weighted by Gasteiger charge is -2.14. The molecule has 0 aromatic carbocycles. The first-order valence-corrected chi connectivity index (χ1v) is 5.11. The summed E-state index contributed by atoms with van der Waals surface area (Å²) >= 11 is 1.31. The normalized spacial score (nSPS) is 11.4. The van der Waals surface area contributed by atoms with Gasteiger partial charge in [-0.3, -0.25) is 10.1 Å². The number of hydrogen-bond acceptors (Lipinski definition) is 5. The number of amides is 1. The van der Waals surface area contributed by atoms with Gasteiger partial charge in [0.05, 0.1) is 0 Å². The lowest BCUT2D eigenvalue weighted by molar-refractivity contribution is -0.130. The summed E-state index contributed by atoms with van der Waals surface area (Å²) in [6.45, 7) is 4.80. The zero-order valence-corrected chi connectivity index (χ0v) is 9.18. The molecule has 0 unspecified atom stereocenters. The number of aromatic nitrogens is 2. The summed E-state index contributed by atoms with van der Waals surface area (Å²) in [4.78, 5) is 11.3. The molecule has 0 bridgehead atoms. The minimum Gasteiger partial charge on any atom is -0.381 e. The second-order valence-corrected chi connectivity index (χ2v) is 4.43. The highest BCUT2D eigenvalue weighted by atomic mass is 32.1. The molecular formula is C8H13N3O2S. The molecule has 2 N–H and O–H groups in total. The monoisotopic (exact) mass is 215 g/mol. The van der Waals surface area contributed by atoms with Crippen LogP contribution in [-0.2, 0) is 11.2 Å². The Kier molecular flexibility index (Phi) is 3.17. The van der Waals surface area contributed by atoms with Crippen molar-refractivity contribution >= 4 is 22.4 Å². The topological polar surface area (TPSA) is 75.1 Å². The molecular weight excluding hydrogens is 202 g/mol. The Balaban J connectivity index is 2.65. The number of aliphatic hydroxyl groups is 1. The zero-order valence-electron chi connectivity index (χ0n) is 8.37. The second-order valence-electron chi connectivity index (χ2n) is 3.37. The van der Waals surface area contributed by atoms with Crippen molar-refractivity contribution < 1.29 is 9.90 Å². The van der Waals surface area contributed by atoms with E-state index in [1.54, 1.807) is 0 Å². The third kappa shape index (κ3) is 2.74. The highest BCUT2D eigenvalue weighted by Gasteiger charge is 2.24. The fourth-order valence-corrected chi connectivity index (χ4v) is 1.37. The molecule has 1 aromatic heterocycles. The summed E-state index contributed by atoms with van der Waals surface area (Å²) in [6.07, 6.45) is 0.788. The first-order chi connectivity index (χ1) is 6.43. The van der Waals surface area contributed by atoms with Crippen LogP contribution in [0.4, 0.5) is 5.13 Å². The number of carbonyl (C=O) groups is 1. The van der Waals surface area contributed by atoms with Crippen LogP contribution in [0.2, 0.25) is 0 Å². The molecule has 6 heteroatoms. The third-order valence-corrected chi connectivity index (χ3v) is 2.53. The van der Waals surface area contributed by atoms with Crippen LogP contribution in [0.3, 0.4) is 0 Å². The molecule has 0 fully saturated rings. The van der Waals surface area contributed by atoms with E-state index in [2.05, 4.69) is 15.5 Å². The van der Waals surface area contributed by atoms with Crippen LogP contribution < -0.4 is 5.32 Å². The molecule has 0 atom stereocenters. The average Bonchev–Trinajstić information content (AvgIpc) is 2.50. The maximum atomic E-state index is 11.3. The Morgan fingerprint density at radius 2 is 2.21 bits per heavy atom. The van der Waals surface area contributed by atoms with Crippen LogP contribution in [0.15, 0.2) is 0 Å². The molecule has 1 aromatic rings. The summed E-state index contributed by atoms with van der Waals surface area (Å²) < 4.78 is 0. The lowest BCUT2D eigenvalue weighted by Crippen LogP contribution is -2.36. The van der Waals surface area contributed by atoms with E-state index in [0.29, 0.717) is 5.13 Å². The maximum Gasteiger partial charge on any atom is 0.257 e. The minimum absolute atomic E-state index is 0.425. The Morgan fingerprint density at radius 1 is 1.57 bits per heavy atom. The van der Waals surface area contributed by atoms with E-state index in [9.17, 15) is 9.90 Å². The van der Waals surface area contributed by atoms with Crippen LogP contribution >= 0.6 is 11.3 Å². The molecule has 0 saturated heterocycles. The SMILES string of the molecule is CCc1nnc(NC(=O)C(C)(C)O)s1. The van der Waals surface area contributed by atoms with Crippen LogP contribution in [0.25, 0.3) is 0 Å². The van der Waals surface area contributed by atoms with Crippen molar-refractivity contribution in [3.05, 3.63) is 5.01 Å². The van der Waals surface area contributed by atoms with Crippen molar-refractivity contribution in [3.63, 3.8) is 0 Å². The number of nitrogens with one attached hydrogen (secondary N) is 1. The Morgan fingerprint density at radius 3 is 2.64 bits per heavy atom. The number of nitrogens with zero attached hydrogens (tertiary/aromatic N) is 2. The van der Waals surface area contributed by atoms with E-state index in [1.165, 1.54) is 25.2 Å². The Labute approximate surface area is 86.2 Å². The van der Waals surface area contributed by atoms with E-state index in [4.69, 9.17) is 0 Å². The molecule has 0 spiro atoms. The highest BCUT2D eigenvalue weighted by molar-refractivity contribution is 7.15. The van der Waals surface area contributed by atoms with E-state index in [0.717, 1.165) is 11.4 Å². The van der Waals surface area contributed by atoms with Gasteiger partial charge in [-0.1, -0.05) is 18.3 Å². The maximum absolute atomic E-state index is 11.3. The number of anilines is 1. The van der Waals surface area contributed by atoms with E-state index >= 15 is 0 Å². The fourth-order valence-electron chi connectivity index (χ4n) is 0.697. The largest absolute Gasteiger partial charge is 0.381 e. The van der Waals surface area contributed by atoms with E-state index in [1.807, 2.05) is 6.92 Å². The number of rotatable bonds is 3. The molecule has 0 saturated carbocycles. The summed E-state index contributed by atoms with van der Waals surface area (Å²) in [5.74, 6) is -0.476. The minimum atomic E-state index is -1.39. The molecule has 0 aliphatic carbocycles. The van der Waals surface area contributed by atoms with Gasteiger partial charge in [0.1, 0.15) is 10.6 Å². The quantitative estimate of drug-likeness (QED) is 0.782. The standard InChI is InChI=1S/C8H13N3O2S/c1-4-5-10-11-7(14-5)9-6(12)8(2,3)13/h13H,4H2,1-3H3,(H,9,11,12). The van der Waals surface area contributed by atoms with Crippen molar-refractivity contribution in [1.82, 2.24) is 10.2 Å². The summed E-state index contributed by atoms with van der Waals surface area (Å²) in [5.41, 5.74) is -1.39. The molecule has 5 nitrogen and oxygen atoms in total. The number of carbonyl (C=O) groups excluding carboxylic acids is 1. The smallest absolute Gasteiger partial charge is 0.257 e. The average molecular weight is 215 g/mol. The van der Waals surface area contributed by atoms with Gasteiger partial charge in [-0.2, -0.15) is 0 Å². The van der Waals surface area contributed by atoms with Gasteiger partial charge in [-0.25, -0.2) is 0 Å². The molecule has 0 aliphatic heterocycles. The van der Waals surface area contributed by atoms with Crippen molar-refractivity contribution in [3.8, 4) is 0 Å². The van der Waals surface area contributed by atoms with Crippen LogP contribution in [-0.4, -0.2) is 26.8 Å². The van der Waals surface area contributed by atoms with Gasteiger partial charge in [-0.15, -0.1) is 10.2 Å². The molecule has 78 valence electrons.